The van der Waals surface area contributed by atoms with Gasteiger partial charge in [0.1, 0.15) is 22.8 Å². The number of furan rings is 1. The minimum atomic E-state index is -1.07. The molecular weight excluding hydrogens is 366 g/mol. The van der Waals surface area contributed by atoms with Gasteiger partial charge in [0, 0.05) is 12.0 Å². The predicted molar refractivity (Wildman–Crippen MR) is 96.0 cm³/mol. The fourth-order valence-electron chi connectivity index (χ4n) is 2.46. The van der Waals surface area contributed by atoms with E-state index in [2.05, 4.69) is 15.5 Å². The summed E-state index contributed by atoms with van der Waals surface area (Å²) in [4.78, 5) is 27.4. The van der Waals surface area contributed by atoms with Crippen molar-refractivity contribution in [3.8, 4) is 5.75 Å². The van der Waals surface area contributed by atoms with Gasteiger partial charge in [-0.2, -0.15) is 4.98 Å². The quantitative estimate of drug-likeness (QED) is 0.606. The Balaban J connectivity index is 1.53. The minimum absolute atomic E-state index is 0.0819. The molecular formula is C19H19N3O6. The molecule has 0 aliphatic carbocycles. The number of aromatic nitrogens is 2. The number of carbonyl (C=O) groups is 2. The highest BCUT2D eigenvalue weighted by molar-refractivity contribution is 5.94. The Kier molecular flexibility index (Phi) is 5.73. The summed E-state index contributed by atoms with van der Waals surface area (Å²) in [6.07, 6.45) is 0.659. The third-order valence-corrected chi connectivity index (χ3v) is 3.92. The maximum absolute atomic E-state index is 12.2. The van der Waals surface area contributed by atoms with E-state index in [1.54, 1.807) is 31.2 Å². The first-order valence-electron chi connectivity index (χ1n) is 8.61. The highest BCUT2D eigenvalue weighted by atomic mass is 16.5. The van der Waals surface area contributed by atoms with E-state index in [0.717, 1.165) is 0 Å². The number of nitrogens with one attached hydrogen (secondary N) is 1. The van der Waals surface area contributed by atoms with Crippen molar-refractivity contribution in [3.63, 3.8) is 0 Å². The summed E-state index contributed by atoms with van der Waals surface area (Å²) in [5, 5.41) is 15.5. The molecule has 0 radical (unpaired) electrons. The van der Waals surface area contributed by atoms with E-state index in [1.807, 2.05) is 6.92 Å². The maximum Gasteiger partial charge on any atom is 0.339 e. The Morgan fingerprint density at radius 1 is 1.25 bits per heavy atom. The van der Waals surface area contributed by atoms with Crippen LogP contribution in [-0.2, 0) is 19.6 Å². The van der Waals surface area contributed by atoms with E-state index in [9.17, 15) is 9.59 Å². The largest absolute Gasteiger partial charge is 0.485 e. The number of ether oxygens (including phenoxy) is 1. The standard InChI is InChI=1S/C19H19N3O6/c1-3-17-21-16(22-28-17)10-26-13-6-4-12(5-7-13)18(23)20-9-14-8-15(19(24)25)11(2)27-14/h4-8H,3,9-10H2,1-2H3,(H,20,23)(H,24,25). The Labute approximate surface area is 160 Å². The number of hydrogen-bond donors (Lipinski definition) is 2. The van der Waals surface area contributed by atoms with Gasteiger partial charge in [-0.25, -0.2) is 4.79 Å². The molecule has 0 fully saturated rings. The van der Waals surface area contributed by atoms with Gasteiger partial charge < -0.3 is 24.1 Å². The Morgan fingerprint density at radius 3 is 2.61 bits per heavy atom. The molecule has 9 heteroatoms. The number of benzene rings is 1. The number of carboxylic acids is 1. The third-order valence-electron chi connectivity index (χ3n) is 3.92. The van der Waals surface area contributed by atoms with Gasteiger partial charge in [0.25, 0.3) is 5.91 Å². The van der Waals surface area contributed by atoms with E-state index in [-0.39, 0.29) is 24.6 Å². The molecule has 9 nitrogen and oxygen atoms in total. The summed E-state index contributed by atoms with van der Waals surface area (Å²) in [5.74, 6) is 0.846. The molecule has 2 aromatic heterocycles. The Morgan fingerprint density at radius 2 is 2.00 bits per heavy atom. The normalized spacial score (nSPS) is 10.6. The fraction of sp³-hybridized carbons (Fsp3) is 0.263. The molecule has 28 heavy (non-hydrogen) atoms. The number of amides is 1. The van der Waals surface area contributed by atoms with Crippen molar-refractivity contribution >= 4 is 11.9 Å². The average Bonchev–Trinajstić information content (AvgIpc) is 3.31. The monoisotopic (exact) mass is 385 g/mol. The number of aryl methyl sites for hydroxylation is 2. The molecule has 0 spiro atoms. The van der Waals surface area contributed by atoms with Gasteiger partial charge >= 0.3 is 5.97 Å². The Bertz CT molecular complexity index is 974. The molecule has 0 saturated carbocycles. The van der Waals surface area contributed by atoms with E-state index < -0.39 is 5.97 Å². The zero-order valence-electron chi connectivity index (χ0n) is 15.4. The lowest BCUT2D eigenvalue weighted by atomic mass is 10.2. The SMILES string of the molecule is CCc1nc(COc2ccc(C(=O)NCc3cc(C(=O)O)c(C)o3)cc2)no1. The van der Waals surface area contributed by atoms with Crippen LogP contribution in [0.5, 0.6) is 5.75 Å². The van der Waals surface area contributed by atoms with Crippen LogP contribution >= 0.6 is 0 Å². The van der Waals surface area contributed by atoms with Crippen molar-refractivity contribution in [1.29, 1.82) is 0 Å². The average molecular weight is 385 g/mol. The van der Waals surface area contributed by atoms with Crippen molar-refractivity contribution in [2.24, 2.45) is 0 Å². The van der Waals surface area contributed by atoms with E-state index in [0.29, 0.717) is 41.0 Å². The molecule has 0 bridgehead atoms. The van der Waals surface area contributed by atoms with Crippen molar-refractivity contribution in [2.45, 2.75) is 33.4 Å². The Hall–Kier alpha value is -3.62. The van der Waals surface area contributed by atoms with Gasteiger partial charge in [-0.15, -0.1) is 0 Å². The highest BCUT2D eigenvalue weighted by Crippen LogP contribution is 2.16. The lowest BCUT2D eigenvalue weighted by Crippen LogP contribution is -2.22. The van der Waals surface area contributed by atoms with Crippen molar-refractivity contribution in [3.05, 3.63) is 64.7 Å². The third kappa shape index (κ3) is 4.56. The first kappa shape index (κ1) is 19.2. The van der Waals surface area contributed by atoms with Gasteiger partial charge in [0.15, 0.2) is 6.61 Å². The molecule has 3 rings (SSSR count). The summed E-state index contributed by atoms with van der Waals surface area (Å²) in [6.45, 7) is 3.73. The fourth-order valence-corrected chi connectivity index (χ4v) is 2.46. The van der Waals surface area contributed by atoms with Gasteiger partial charge in [-0.3, -0.25) is 4.79 Å². The van der Waals surface area contributed by atoms with Gasteiger partial charge in [-0.1, -0.05) is 12.1 Å². The minimum Gasteiger partial charge on any atom is -0.485 e. The second-order valence-corrected chi connectivity index (χ2v) is 5.94. The molecule has 0 saturated heterocycles. The van der Waals surface area contributed by atoms with Crippen LogP contribution in [0.1, 0.15) is 50.9 Å². The molecule has 2 heterocycles. The van der Waals surface area contributed by atoms with Crippen LogP contribution in [0.4, 0.5) is 0 Å². The molecule has 0 unspecified atom stereocenters. The summed E-state index contributed by atoms with van der Waals surface area (Å²) < 4.78 is 15.9. The number of carbonyl (C=O) groups excluding carboxylic acids is 1. The summed E-state index contributed by atoms with van der Waals surface area (Å²) >= 11 is 0. The van der Waals surface area contributed by atoms with Gasteiger partial charge in [0.05, 0.1) is 6.54 Å². The molecule has 3 aromatic rings. The van der Waals surface area contributed by atoms with Gasteiger partial charge in [-0.05, 0) is 37.3 Å². The molecule has 1 amide bonds. The number of nitrogens with zero attached hydrogens (tertiary/aromatic N) is 2. The number of carboxylic acid groups (broad SMARTS) is 1. The second kappa shape index (κ2) is 8.38. The highest BCUT2D eigenvalue weighted by Gasteiger charge is 2.14. The van der Waals surface area contributed by atoms with Crippen LogP contribution in [0, 0.1) is 6.92 Å². The second-order valence-electron chi connectivity index (χ2n) is 5.94. The predicted octanol–water partition coefficient (Wildman–Crippen LogP) is 2.74. The number of rotatable bonds is 8. The lowest BCUT2D eigenvalue weighted by molar-refractivity contribution is 0.0694. The molecule has 1 aromatic carbocycles. The van der Waals surface area contributed by atoms with Crippen LogP contribution in [-0.4, -0.2) is 27.1 Å². The summed E-state index contributed by atoms with van der Waals surface area (Å²) in [5.41, 5.74) is 0.514. The van der Waals surface area contributed by atoms with E-state index >= 15 is 0 Å². The summed E-state index contributed by atoms with van der Waals surface area (Å²) in [7, 11) is 0. The topological polar surface area (TPSA) is 128 Å². The van der Waals surface area contributed by atoms with Crippen molar-refractivity contribution in [2.75, 3.05) is 0 Å². The molecule has 0 atom stereocenters. The molecule has 0 aliphatic heterocycles. The van der Waals surface area contributed by atoms with Crippen molar-refractivity contribution < 1.29 is 28.4 Å². The lowest BCUT2D eigenvalue weighted by Gasteiger charge is -2.06. The van der Waals surface area contributed by atoms with Crippen LogP contribution < -0.4 is 10.1 Å². The van der Waals surface area contributed by atoms with Crippen LogP contribution in [0.25, 0.3) is 0 Å². The van der Waals surface area contributed by atoms with Crippen LogP contribution in [0.3, 0.4) is 0 Å². The zero-order valence-corrected chi connectivity index (χ0v) is 15.4. The smallest absolute Gasteiger partial charge is 0.339 e. The zero-order chi connectivity index (χ0) is 20.1. The van der Waals surface area contributed by atoms with E-state index in [4.69, 9.17) is 18.8 Å². The molecule has 2 N–H and O–H groups in total. The first-order chi connectivity index (χ1) is 13.5. The molecule has 146 valence electrons. The van der Waals surface area contributed by atoms with Crippen LogP contribution in [0.2, 0.25) is 0 Å². The van der Waals surface area contributed by atoms with Crippen LogP contribution in [0.15, 0.2) is 39.3 Å². The van der Waals surface area contributed by atoms with Gasteiger partial charge in [0.2, 0.25) is 11.7 Å². The summed E-state index contributed by atoms with van der Waals surface area (Å²) in [6, 6.07) is 7.96. The van der Waals surface area contributed by atoms with Crippen molar-refractivity contribution in [1.82, 2.24) is 15.5 Å². The number of aromatic carboxylic acids is 1. The molecule has 0 aliphatic rings. The van der Waals surface area contributed by atoms with E-state index in [1.165, 1.54) is 6.07 Å². The first-order valence-corrected chi connectivity index (χ1v) is 8.61. The maximum atomic E-state index is 12.2. The number of hydrogen-bond acceptors (Lipinski definition) is 7.